The number of rotatable bonds is 4. The Morgan fingerprint density at radius 2 is 1.83 bits per heavy atom. The fourth-order valence-electron chi connectivity index (χ4n) is 2.07. The molecule has 0 saturated heterocycles. The van der Waals surface area contributed by atoms with Gasteiger partial charge in [0.2, 0.25) is 0 Å². The number of amides is 2. The molecule has 0 aromatic heterocycles. The third-order valence-electron chi connectivity index (χ3n) is 2.88. The molecule has 0 aliphatic rings. The Labute approximate surface area is 108 Å². The number of hydrogen-bond donors (Lipinski definition) is 3. The van der Waals surface area contributed by atoms with E-state index in [-0.39, 0.29) is 18.6 Å². The van der Waals surface area contributed by atoms with E-state index in [4.69, 9.17) is 5.11 Å². The van der Waals surface area contributed by atoms with Gasteiger partial charge in [0.15, 0.2) is 0 Å². The molecule has 3 N–H and O–H groups in total. The predicted molar refractivity (Wildman–Crippen MR) is 72.5 cm³/mol. The third-order valence-corrected chi connectivity index (χ3v) is 2.88. The monoisotopic (exact) mass is 250 g/mol. The lowest BCUT2D eigenvalue weighted by molar-refractivity contribution is 0.187. The summed E-state index contributed by atoms with van der Waals surface area (Å²) in [5, 5.41) is 14.6. The lowest BCUT2D eigenvalue weighted by Crippen LogP contribution is -2.40. The summed E-state index contributed by atoms with van der Waals surface area (Å²) >= 11 is 0. The lowest BCUT2D eigenvalue weighted by atomic mass is 9.97. The molecule has 0 fully saturated rings. The van der Waals surface area contributed by atoms with Crippen LogP contribution in [0.2, 0.25) is 0 Å². The molecule has 2 atom stereocenters. The van der Waals surface area contributed by atoms with Crippen LogP contribution in [0, 0.1) is 13.8 Å². The zero-order valence-corrected chi connectivity index (χ0v) is 11.4. The fourth-order valence-corrected chi connectivity index (χ4v) is 2.07. The van der Waals surface area contributed by atoms with Gasteiger partial charge in [0.1, 0.15) is 0 Å². The van der Waals surface area contributed by atoms with Crippen molar-refractivity contribution in [1.29, 1.82) is 0 Å². The zero-order chi connectivity index (χ0) is 13.7. The summed E-state index contributed by atoms with van der Waals surface area (Å²) in [4.78, 5) is 11.6. The third kappa shape index (κ3) is 4.04. The molecular formula is C14H22N2O2. The first-order valence-electron chi connectivity index (χ1n) is 6.20. The van der Waals surface area contributed by atoms with E-state index in [9.17, 15) is 4.79 Å². The first kappa shape index (κ1) is 14.5. The first-order valence-corrected chi connectivity index (χ1v) is 6.20. The molecule has 1 aromatic carbocycles. The Morgan fingerprint density at radius 3 is 2.33 bits per heavy atom. The average Bonchev–Trinajstić information content (AvgIpc) is 2.26. The van der Waals surface area contributed by atoms with E-state index >= 15 is 0 Å². The number of aliphatic hydroxyl groups excluding tert-OH is 1. The van der Waals surface area contributed by atoms with Crippen molar-refractivity contribution in [3.05, 3.63) is 34.9 Å². The second-order valence-electron chi connectivity index (χ2n) is 4.73. The molecule has 18 heavy (non-hydrogen) atoms. The van der Waals surface area contributed by atoms with Crippen LogP contribution in [-0.2, 0) is 0 Å². The summed E-state index contributed by atoms with van der Waals surface area (Å²) in [6.45, 7) is 7.92. The second kappa shape index (κ2) is 6.40. The van der Waals surface area contributed by atoms with Crippen LogP contribution < -0.4 is 10.6 Å². The lowest BCUT2D eigenvalue weighted by Gasteiger charge is -2.19. The van der Waals surface area contributed by atoms with Crippen LogP contribution in [0.1, 0.15) is 36.6 Å². The van der Waals surface area contributed by atoms with Gasteiger partial charge in [-0.3, -0.25) is 0 Å². The van der Waals surface area contributed by atoms with Crippen LogP contribution in [0.25, 0.3) is 0 Å². The highest BCUT2D eigenvalue weighted by molar-refractivity contribution is 5.74. The summed E-state index contributed by atoms with van der Waals surface area (Å²) in [7, 11) is 0. The standard InChI is InChI=1S/C14H22N2O2/c1-9-6-5-7-10(2)13(9)12(4)16-14(18)15-8-11(3)17/h5-7,11-12,17H,8H2,1-4H3,(H2,15,16,18)/t11-,12+/m1/s1. The SMILES string of the molecule is Cc1cccc(C)c1[C@H](C)NC(=O)NC[C@@H](C)O. The topological polar surface area (TPSA) is 61.4 Å². The van der Waals surface area contributed by atoms with E-state index in [1.54, 1.807) is 6.92 Å². The second-order valence-corrected chi connectivity index (χ2v) is 4.73. The molecule has 0 spiro atoms. The Hall–Kier alpha value is -1.55. The number of carbonyl (C=O) groups is 1. The molecule has 0 bridgehead atoms. The Bertz CT molecular complexity index is 396. The van der Waals surface area contributed by atoms with E-state index in [1.807, 2.05) is 39.0 Å². The molecule has 4 nitrogen and oxygen atoms in total. The molecule has 0 aliphatic carbocycles. The van der Waals surface area contributed by atoms with Gasteiger partial charge >= 0.3 is 6.03 Å². The van der Waals surface area contributed by atoms with Crippen molar-refractivity contribution in [2.45, 2.75) is 39.8 Å². The van der Waals surface area contributed by atoms with Crippen LogP contribution in [0.3, 0.4) is 0 Å². The normalized spacial score (nSPS) is 13.8. The van der Waals surface area contributed by atoms with Crippen LogP contribution >= 0.6 is 0 Å². The highest BCUT2D eigenvalue weighted by Gasteiger charge is 2.13. The molecular weight excluding hydrogens is 228 g/mol. The van der Waals surface area contributed by atoms with Gasteiger partial charge in [-0.15, -0.1) is 0 Å². The molecule has 1 aromatic rings. The van der Waals surface area contributed by atoms with Crippen molar-refractivity contribution in [2.24, 2.45) is 0 Å². The molecule has 2 amide bonds. The van der Waals surface area contributed by atoms with Crippen molar-refractivity contribution in [3.8, 4) is 0 Å². The van der Waals surface area contributed by atoms with Gasteiger partial charge in [-0.25, -0.2) is 4.79 Å². The number of aliphatic hydroxyl groups is 1. The Morgan fingerprint density at radius 1 is 1.28 bits per heavy atom. The van der Waals surface area contributed by atoms with Gasteiger partial charge in [-0.1, -0.05) is 18.2 Å². The molecule has 100 valence electrons. The Balaban J connectivity index is 2.65. The van der Waals surface area contributed by atoms with Crippen LogP contribution in [-0.4, -0.2) is 23.8 Å². The summed E-state index contributed by atoms with van der Waals surface area (Å²) in [5.41, 5.74) is 3.47. The molecule has 0 saturated carbocycles. The largest absolute Gasteiger partial charge is 0.392 e. The summed E-state index contributed by atoms with van der Waals surface area (Å²) < 4.78 is 0. The maximum atomic E-state index is 11.6. The van der Waals surface area contributed by atoms with Gasteiger partial charge < -0.3 is 15.7 Å². The number of hydrogen-bond acceptors (Lipinski definition) is 2. The average molecular weight is 250 g/mol. The first-order chi connectivity index (χ1) is 8.41. The highest BCUT2D eigenvalue weighted by atomic mass is 16.3. The number of urea groups is 1. The molecule has 4 heteroatoms. The van der Waals surface area contributed by atoms with Gasteiger partial charge in [-0.05, 0) is 44.4 Å². The van der Waals surface area contributed by atoms with Gasteiger partial charge in [0, 0.05) is 6.54 Å². The number of nitrogens with one attached hydrogen (secondary N) is 2. The van der Waals surface area contributed by atoms with Gasteiger partial charge in [0.05, 0.1) is 12.1 Å². The molecule has 1 rings (SSSR count). The van der Waals surface area contributed by atoms with Crippen molar-refractivity contribution < 1.29 is 9.90 Å². The van der Waals surface area contributed by atoms with Crippen molar-refractivity contribution >= 4 is 6.03 Å². The summed E-state index contributed by atoms with van der Waals surface area (Å²) in [6.07, 6.45) is -0.536. The van der Waals surface area contributed by atoms with Gasteiger partial charge in [-0.2, -0.15) is 0 Å². The smallest absolute Gasteiger partial charge is 0.315 e. The van der Waals surface area contributed by atoms with Crippen molar-refractivity contribution in [1.82, 2.24) is 10.6 Å². The molecule has 0 aliphatic heterocycles. The number of benzene rings is 1. The van der Waals surface area contributed by atoms with Crippen LogP contribution in [0.15, 0.2) is 18.2 Å². The summed E-state index contributed by atoms with van der Waals surface area (Å²) in [6, 6.07) is 5.77. The quantitative estimate of drug-likeness (QED) is 0.766. The maximum absolute atomic E-state index is 11.6. The van der Waals surface area contributed by atoms with E-state index in [0.29, 0.717) is 0 Å². The van der Waals surface area contributed by atoms with E-state index in [2.05, 4.69) is 10.6 Å². The number of aryl methyl sites for hydroxylation is 2. The van der Waals surface area contributed by atoms with Gasteiger partial charge in [0.25, 0.3) is 0 Å². The number of carbonyl (C=O) groups excluding carboxylic acids is 1. The molecule has 0 heterocycles. The van der Waals surface area contributed by atoms with Crippen LogP contribution in [0.5, 0.6) is 0 Å². The predicted octanol–water partition coefficient (Wildman–Crippen LogP) is 2.04. The fraction of sp³-hybridized carbons (Fsp3) is 0.500. The van der Waals surface area contributed by atoms with E-state index in [1.165, 1.54) is 11.1 Å². The molecule has 0 unspecified atom stereocenters. The van der Waals surface area contributed by atoms with Crippen molar-refractivity contribution in [2.75, 3.05) is 6.54 Å². The highest BCUT2D eigenvalue weighted by Crippen LogP contribution is 2.21. The minimum atomic E-state index is -0.536. The zero-order valence-electron chi connectivity index (χ0n) is 11.4. The minimum Gasteiger partial charge on any atom is -0.392 e. The van der Waals surface area contributed by atoms with E-state index in [0.717, 1.165) is 5.56 Å². The Kier molecular flexibility index (Phi) is 5.16. The maximum Gasteiger partial charge on any atom is 0.315 e. The van der Waals surface area contributed by atoms with Crippen LogP contribution in [0.4, 0.5) is 4.79 Å². The van der Waals surface area contributed by atoms with E-state index < -0.39 is 6.10 Å². The molecule has 0 radical (unpaired) electrons. The summed E-state index contributed by atoms with van der Waals surface area (Å²) in [5.74, 6) is 0. The van der Waals surface area contributed by atoms with Crippen molar-refractivity contribution in [3.63, 3.8) is 0 Å². The minimum absolute atomic E-state index is 0.0554.